The maximum absolute atomic E-state index is 10.6. The molecule has 0 aliphatic rings. The van der Waals surface area contributed by atoms with Gasteiger partial charge in [0.1, 0.15) is 5.56 Å². The van der Waals surface area contributed by atoms with E-state index in [-0.39, 0.29) is 5.56 Å². The second kappa shape index (κ2) is 2.38. The Balaban J connectivity index is 2.85. The highest BCUT2D eigenvalue weighted by Crippen LogP contribution is 1.96. The molecule has 0 aromatic carbocycles. The summed E-state index contributed by atoms with van der Waals surface area (Å²) < 4.78 is 4.35. The largest absolute Gasteiger partial charge is 0.465 e. The Morgan fingerprint density at radius 3 is 3.00 bits per heavy atom. The van der Waals surface area contributed by atoms with Gasteiger partial charge in [-0.1, -0.05) is 0 Å². The highest BCUT2D eigenvalue weighted by molar-refractivity contribution is 5.88. The van der Waals surface area contributed by atoms with Crippen molar-refractivity contribution in [3.63, 3.8) is 0 Å². The van der Waals surface area contributed by atoms with Crippen LogP contribution in [0.15, 0.2) is 12.4 Å². The Kier molecular flexibility index (Phi) is 1.57. The fraction of sp³-hybridized carbons (Fsp3) is 0.200. The van der Waals surface area contributed by atoms with E-state index < -0.39 is 5.97 Å². The predicted molar refractivity (Wildman–Crippen MR) is 30.8 cm³/mol. The van der Waals surface area contributed by atoms with Crippen molar-refractivity contribution >= 4 is 5.97 Å². The molecule has 0 bridgehead atoms. The van der Waals surface area contributed by atoms with Crippen molar-refractivity contribution in [1.82, 2.24) is 9.94 Å². The van der Waals surface area contributed by atoms with Gasteiger partial charge in [0.2, 0.25) is 0 Å². The Morgan fingerprint density at radius 1 is 1.90 bits per heavy atom. The lowest BCUT2D eigenvalue weighted by Gasteiger charge is -1.89. The van der Waals surface area contributed by atoms with Crippen LogP contribution < -0.4 is 0 Å². The zero-order chi connectivity index (χ0) is 7.56. The van der Waals surface area contributed by atoms with Crippen LogP contribution in [-0.2, 0) is 4.74 Å². The molecule has 5 heteroatoms. The molecule has 0 aliphatic heterocycles. The monoisotopic (exact) mass is 142 g/mol. The number of rotatable bonds is 1. The Bertz CT molecular complexity index is 243. The minimum absolute atomic E-state index is 0.227. The lowest BCUT2D eigenvalue weighted by Crippen LogP contribution is -1.98. The fourth-order valence-electron chi connectivity index (χ4n) is 0.536. The number of hydrogen-bond acceptors (Lipinski definition) is 4. The standard InChI is InChI=1S/C5H6N2O3/c1-10-5(8)4-2-6-7(9)3-4/h2-3,9H,1H3. The molecule has 1 aromatic heterocycles. The van der Waals surface area contributed by atoms with Gasteiger partial charge in [0.15, 0.2) is 0 Å². The first-order valence-electron chi connectivity index (χ1n) is 2.56. The molecule has 0 atom stereocenters. The molecule has 1 aromatic rings. The summed E-state index contributed by atoms with van der Waals surface area (Å²) in [6.45, 7) is 0. The molecule has 0 amide bonds. The van der Waals surface area contributed by atoms with Gasteiger partial charge >= 0.3 is 5.97 Å². The minimum Gasteiger partial charge on any atom is -0.465 e. The SMILES string of the molecule is COC(=O)c1cnn(O)c1. The molecule has 0 radical (unpaired) electrons. The topological polar surface area (TPSA) is 64.3 Å². The number of methoxy groups -OCH3 is 1. The van der Waals surface area contributed by atoms with Gasteiger partial charge in [-0.15, -0.1) is 9.94 Å². The molecule has 1 N–H and O–H groups in total. The van der Waals surface area contributed by atoms with Crippen molar-refractivity contribution in [2.75, 3.05) is 7.11 Å². The Hall–Kier alpha value is -1.52. The highest BCUT2D eigenvalue weighted by Gasteiger charge is 2.06. The zero-order valence-electron chi connectivity index (χ0n) is 5.31. The third kappa shape index (κ3) is 1.07. The van der Waals surface area contributed by atoms with Crippen LogP contribution in [0.3, 0.4) is 0 Å². The normalized spacial score (nSPS) is 9.30. The van der Waals surface area contributed by atoms with Crippen LogP contribution in [0.2, 0.25) is 0 Å². The number of hydrogen-bond donors (Lipinski definition) is 1. The lowest BCUT2D eigenvalue weighted by atomic mass is 10.4. The molecule has 0 fully saturated rings. The quantitative estimate of drug-likeness (QED) is 0.439. The summed E-state index contributed by atoms with van der Waals surface area (Å²) in [5.41, 5.74) is 0.227. The first-order chi connectivity index (χ1) is 4.74. The Labute approximate surface area is 56.8 Å². The van der Waals surface area contributed by atoms with Gasteiger partial charge in [0.05, 0.1) is 19.5 Å². The maximum atomic E-state index is 10.6. The first-order valence-corrected chi connectivity index (χ1v) is 2.56. The van der Waals surface area contributed by atoms with E-state index in [2.05, 4.69) is 9.84 Å². The van der Waals surface area contributed by atoms with Crippen molar-refractivity contribution in [3.8, 4) is 0 Å². The third-order valence-corrected chi connectivity index (χ3v) is 0.991. The van der Waals surface area contributed by atoms with E-state index in [4.69, 9.17) is 5.21 Å². The van der Waals surface area contributed by atoms with Crippen molar-refractivity contribution in [3.05, 3.63) is 18.0 Å². The van der Waals surface area contributed by atoms with Crippen LogP contribution in [0.4, 0.5) is 0 Å². The van der Waals surface area contributed by atoms with Crippen molar-refractivity contribution in [1.29, 1.82) is 0 Å². The van der Waals surface area contributed by atoms with Crippen molar-refractivity contribution in [2.24, 2.45) is 0 Å². The molecule has 0 aliphatic carbocycles. The molecule has 5 nitrogen and oxygen atoms in total. The van der Waals surface area contributed by atoms with E-state index in [0.29, 0.717) is 4.85 Å². The van der Waals surface area contributed by atoms with Crippen LogP contribution in [0.5, 0.6) is 0 Å². The first kappa shape index (κ1) is 6.60. The smallest absolute Gasteiger partial charge is 0.341 e. The summed E-state index contributed by atoms with van der Waals surface area (Å²) in [7, 11) is 1.26. The van der Waals surface area contributed by atoms with Gasteiger partial charge in [-0.25, -0.2) is 4.79 Å². The van der Waals surface area contributed by atoms with E-state index in [0.717, 1.165) is 6.20 Å². The summed E-state index contributed by atoms with van der Waals surface area (Å²) in [6, 6.07) is 0. The van der Waals surface area contributed by atoms with Crippen molar-refractivity contribution < 1.29 is 14.7 Å². The molecular weight excluding hydrogens is 136 g/mol. The van der Waals surface area contributed by atoms with Crippen LogP contribution in [0, 0.1) is 0 Å². The maximum Gasteiger partial charge on any atom is 0.341 e. The van der Waals surface area contributed by atoms with Crippen LogP contribution in [0.1, 0.15) is 10.4 Å². The third-order valence-electron chi connectivity index (χ3n) is 0.991. The second-order valence-corrected chi connectivity index (χ2v) is 1.64. The second-order valence-electron chi connectivity index (χ2n) is 1.64. The van der Waals surface area contributed by atoms with E-state index in [9.17, 15) is 4.79 Å². The molecule has 10 heavy (non-hydrogen) atoms. The summed E-state index contributed by atoms with van der Waals surface area (Å²) in [5, 5.41) is 12.0. The van der Waals surface area contributed by atoms with E-state index in [1.54, 1.807) is 0 Å². The van der Waals surface area contributed by atoms with Gasteiger partial charge in [-0.3, -0.25) is 0 Å². The average Bonchev–Trinajstić information content (AvgIpc) is 2.34. The van der Waals surface area contributed by atoms with Crippen LogP contribution in [-0.4, -0.2) is 28.2 Å². The van der Waals surface area contributed by atoms with Gasteiger partial charge in [0.25, 0.3) is 0 Å². The molecule has 0 saturated heterocycles. The highest BCUT2D eigenvalue weighted by atomic mass is 16.5. The predicted octanol–water partition coefficient (Wildman–Crippen LogP) is -0.0930. The number of esters is 1. The molecule has 0 spiro atoms. The molecule has 0 saturated carbocycles. The molecule has 0 unspecified atom stereocenters. The number of carbonyl (C=O) groups excluding carboxylic acids is 1. The van der Waals surface area contributed by atoms with E-state index in [1.807, 2.05) is 0 Å². The van der Waals surface area contributed by atoms with Gasteiger partial charge in [-0.2, -0.15) is 0 Å². The summed E-state index contributed by atoms with van der Waals surface area (Å²) in [6.07, 6.45) is 2.37. The van der Waals surface area contributed by atoms with Crippen molar-refractivity contribution in [2.45, 2.75) is 0 Å². The molecule has 54 valence electrons. The summed E-state index contributed by atoms with van der Waals surface area (Å²) in [5.74, 6) is -0.514. The number of carbonyl (C=O) groups is 1. The molecule has 1 heterocycles. The van der Waals surface area contributed by atoms with Gasteiger partial charge in [0, 0.05) is 0 Å². The minimum atomic E-state index is -0.514. The fourth-order valence-corrected chi connectivity index (χ4v) is 0.536. The van der Waals surface area contributed by atoms with Crippen LogP contribution >= 0.6 is 0 Å². The zero-order valence-corrected chi connectivity index (χ0v) is 5.31. The van der Waals surface area contributed by atoms with Gasteiger partial charge in [-0.05, 0) is 0 Å². The van der Waals surface area contributed by atoms with Gasteiger partial charge < -0.3 is 9.94 Å². The molecule has 1 rings (SSSR count). The number of ether oxygens (including phenoxy) is 1. The number of nitrogens with zero attached hydrogens (tertiary/aromatic N) is 2. The summed E-state index contributed by atoms with van der Waals surface area (Å²) in [4.78, 5) is 11.2. The lowest BCUT2D eigenvalue weighted by molar-refractivity contribution is 0.0598. The average molecular weight is 142 g/mol. The molecular formula is C5H6N2O3. The summed E-state index contributed by atoms with van der Waals surface area (Å²) >= 11 is 0. The van der Waals surface area contributed by atoms with E-state index >= 15 is 0 Å². The van der Waals surface area contributed by atoms with E-state index in [1.165, 1.54) is 13.3 Å². The number of aromatic nitrogens is 2. The van der Waals surface area contributed by atoms with Crippen LogP contribution in [0.25, 0.3) is 0 Å². The Morgan fingerprint density at radius 2 is 2.60 bits per heavy atom.